The van der Waals surface area contributed by atoms with Crippen molar-refractivity contribution in [3.63, 3.8) is 0 Å². The molecule has 0 atom stereocenters. The van der Waals surface area contributed by atoms with E-state index in [1.807, 2.05) is 0 Å². The Morgan fingerprint density at radius 3 is 1.85 bits per heavy atom. The minimum atomic E-state index is -1.66. The Bertz CT molecular complexity index is 144. The average Bonchev–Trinajstić information content (AvgIpc) is 2.33. The van der Waals surface area contributed by atoms with E-state index in [4.69, 9.17) is 44.6 Å². The molecule has 1 aliphatic heterocycles. The Labute approximate surface area is 91.9 Å². The molecule has 13 heavy (non-hydrogen) atoms. The molecule has 78 valence electrons. The van der Waals surface area contributed by atoms with Crippen molar-refractivity contribution in [3.8, 4) is 0 Å². The first-order valence-corrected chi connectivity index (χ1v) is 4.91. The molecule has 1 heterocycles. The fourth-order valence-corrected chi connectivity index (χ4v) is 1.02. The quantitative estimate of drug-likeness (QED) is 0.727. The maximum absolute atomic E-state index is 9.76. The van der Waals surface area contributed by atoms with Crippen molar-refractivity contribution >= 4 is 40.8 Å². The van der Waals surface area contributed by atoms with Gasteiger partial charge in [-0.25, -0.2) is 0 Å². The monoisotopic (exact) mass is 248 g/mol. The minimum Gasteiger partial charge on any atom is -0.481 e. The van der Waals surface area contributed by atoms with Crippen LogP contribution >= 0.6 is 34.8 Å². The lowest BCUT2D eigenvalue weighted by molar-refractivity contribution is -0.136. The van der Waals surface area contributed by atoms with Crippen LogP contribution in [0.4, 0.5) is 0 Å². The van der Waals surface area contributed by atoms with E-state index in [2.05, 4.69) is 0 Å². The number of carbonyl (C=O) groups is 1. The van der Waals surface area contributed by atoms with Gasteiger partial charge in [0.1, 0.15) is 0 Å². The lowest BCUT2D eigenvalue weighted by Crippen LogP contribution is -2.09. The van der Waals surface area contributed by atoms with Gasteiger partial charge in [0.15, 0.2) is 0 Å². The molecular weight excluding hydrogens is 238 g/mol. The molecule has 3 nitrogen and oxygen atoms in total. The van der Waals surface area contributed by atoms with Crippen molar-refractivity contribution in [1.29, 1.82) is 0 Å². The normalized spacial score (nSPS) is 16.2. The van der Waals surface area contributed by atoms with Crippen LogP contribution in [0.5, 0.6) is 0 Å². The van der Waals surface area contributed by atoms with Crippen LogP contribution in [0.15, 0.2) is 0 Å². The van der Waals surface area contributed by atoms with Crippen LogP contribution in [-0.2, 0) is 9.53 Å². The van der Waals surface area contributed by atoms with Gasteiger partial charge in [0.2, 0.25) is 3.79 Å². The third-order valence-corrected chi connectivity index (χ3v) is 1.58. The Hall–Kier alpha value is 0.300. The van der Waals surface area contributed by atoms with E-state index in [9.17, 15) is 4.79 Å². The van der Waals surface area contributed by atoms with E-state index in [0.717, 1.165) is 13.2 Å². The van der Waals surface area contributed by atoms with Crippen LogP contribution in [-0.4, -0.2) is 28.1 Å². The lowest BCUT2D eigenvalue weighted by atomic mass is 10.4. The maximum atomic E-state index is 9.76. The second kappa shape index (κ2) is 6.71. The van der Waals surface area contributed by atoms with E-state index < -0.39 is 16.2 Å². The number of alkyl halides is 3. The molecule has 0 saturated carbocycles. The van der Waals surface area contributed by atoms with Gasteiger partial charge in [-0.2, -0.15) is 0 Å². The fourth-order valence-electron chi connectivity index (χ4n) is 0.682. The minimum absolute atomic E-state index is 0.461. The van der Waals surface area contributed by atoms with Gasteiger partial charge < -0.3 is 9.84 Å². The first-order valence-electron chi connectivity index (χ1n) is 3.78. The predicted molar refractivity (Wildman–Crippen MR) is 52.6 cm³/mol. The van der Waals surface area contributed by atoms with E-state index in [1.54, 1.807) is 0 Å². The standard InChI is InChI=1S/C4H8O.C3H3Cl3O2/c1-2-4-5-3-1;4-3(5,6)1-2(7)8/h1-4H2;1H2,(H,7,8). The number of carboxylic acids is 1. The SMILES string of the molecule is C1CCOC1.O=C(O)CC(Cl)(Cl)Cl. The molecule has 0 aromatic carbocycles. The molecule has 0 unspecified atom stereocenters. The Balaban J connectivity index is 0.000000243. The molecule has 0 aromatic rings. The molecule has 1 saturated heterocycles. The van der Waals surface area contributed by atoms with Crippen molar-refractivity contribution in [2.45, 2.75) is 23.1 Å². The first kappa shape index (κ1) is 13.3. The first-order chi connectivity index (χ1) is 5.92. The van der Waals surface area contributed by atoms with Crippen LogP contribution in [0.25, 0.3) is 0 Å². The highest BCUT2D eigenvalue weighted by atomic mass is 35.6. The van der Waals surface area contributed by atoms with Crippen molar-refractivity contribution < 1.29 is 14.6 Å². The smallest absolute Gasteiger partial charge is 0.307 e. The molecule has 6 heteroatoms. The van der Waals surface area contributed by atoms with Gasteiger partial charge in [-0.3, -0.25) is 4.79 Å². The molecule has 1 fully saturated rings. The molecule has 0 spiro atoms. The molecule has 0 aromatic heterocycles. The van der Waals surface area contributed by atoms with Gasteiger partial charge in [-0.15, -0.1) is 0 Å². The Morgan fingerprint density at radius 2 is 1.77 bits per heavy atom. The molecule has 0 radical (unpaired) electrons. The Kier molecular flexibility index (Phi) is 6.86. The second-order valence-electron chi connectivity index (χ2n) is 2.51. The highest BCUT2D eigenvalue weighted by molar-refractivity contribution is 6.68. The van der Waals surface area contributed by atoms with Gasteiger partial charge in [-0.05, 0) is 12.8 Å². The van der Waals surface area contributed by atoms with Crippen LogP contribution < -0.4 is 0 Å². The zero-order valence-electron chi connectivity index (χ0n) is 6.93. The summed E-state index contributed by atoms with van der Waals surface area (Å²) in [5.41, 5.74) is 0. The van der Waals surface area contributed by atoms with E-state index in [1.165, 1.54) is 12.8 Å². The molecule has 1 N–H and O–H groups in total. The van der Waals surface area contributed by atoms with Gasteiger partial charge in [0.25, 0.3) is 0 Å². The highest BCUT2D eigenvalue weighted by Crippen LogP contribution is 2.29. The number of hydrogen-bond donors (Lipinski definition) is 1. The summed E-state index contributed by atoms with van der Waals surface area (Å²) in [5.74, 6) is -1.12. The topological polar surface area (TPSA) is 46.5 Å². The fraction of sp³-hybridized carbons (Fsp3) is 0.857. The van der Waals surface area contributed by atoms with Gasteiger partial charge in [-0.1, -0.05) is 34.8 Å². The highest BCUT2D eigenvalue weighted by Gasteiger charge is 2.23. The number of hydrogen-bond acceptors (Lipinski definition) is 2. The summed E-state index contributed by atoms with van der Waals surface area (Å²) >= 11 is 15.2. The third-order valence-electron chi connectivity index (χ3n) is 1.18. The summed E-state index contributed by atoms with van der Waals surface area (Å²) in [6.45, 7) is 2.00. The van der Waals surface area contributed by atoms with Crippen LogP contribution in [0.1, 0.15) is 19.3 Å². The second-order valence-corrected chi connectivity index (χ2v) is 5.02. The summed E-state index contributed by atoms with van der Waals surface area (Å²) in [7, 11) is 0. The van der Waals surface area contributed by atoms with Gasteiger partial charge in [0.05, 0.1) is 6.42 Å². The third kappa shape index (κ3) is 12.3. The van der Waals surface area contributed by atoms with Crippen molar-refractivity contribution in [3.05, 3.63) is 0 Å². The van der Waals surface area contributed by atoms with E-state index in [-0.39, 0.29) is 0 Å². The molecule has 0 amide bonds. The van der Waals surface area contributed by atoms with Gasteiger partial charge in [0, 0.05) is 13.2 Å². The van der Waals surface area contributed by atoms with Crippen LogP contribution in [0.2, 0.25) is 0 Å². The molecule has 0 aliphatic carbocycles. The summed E-state index contributed by atoms with van der Waals surface area (Å²) < 4.78 is 3.28. The van der Waals surface area contributed by atoms with Crippen molar-refractivity contribution in [2.24, 2.45) is 0 Å². The molecule has 1 rings (SSSR count). The van der Waals surface area contributed by atoms with Crippen molar-refractivity contribution in [1.82, 2.24) is 0 Å². The number of halogens is 3. The molecule has 1 aliphatic rings. The Morgan fingerprint density at radius 1 is 1.31 bits per heavy atom. The molecule has 0 bridgehead atoms. The predicted octanol–water partition coefficient (Wildman–Crippen LogP) is 2.63. The number of ether oxygens (including phenoxy) is 1. The van der Waals surface area contributed by atoms with Gasteiger partial charge >= 0.3 is 5.97 Å². The van der Waals surface area contributed by atoms with Crippen LogP contribution in [0, 0.1) is 0 Å². The summed E-state index contributed by atoms with van der Waals surface area (Å²) in [6, 6.07) is 0. The van der Waals surface area contributed by atoms with E-state index in [0.29, 0.717) is 0 Å². The maximum Gasteiger partial charge on any atom is 0.307 e. The summed E-state index contributed by atoms with van der Waals surface area (Å²) in [6.07, 6.45) is 2.09. The number of rotatable bonds is 1. The molecular formula is C7H11Cl3O3. The van der Waals surface area contributed by atoms with E-state index >= 15 is 0 Å². The zero-order valence-corrected chi connectivity index (χ0v) is 9.20. The summed E-state index contributed by atoms with van der Waals surface area (Å²) in [4.78, 5) is 9.76. The van der Waals surface area contributed by atoms with Crippen molar-refractivity contribution in [2.75, 3.05) is 13.2 Å². The number of carboxylic acid groups (broad SMARTS) is 1. The summed E-state index contributed by atoms with van der Waals surface area (Å²) in [5, 5.41) is 8.00. The van der Waals surface area contributed by atoms with Crippen LogP contribution in [0.3, 0.4) is 0 Å². The average molecular weight is 250 g/mol. The lowest BCUT2D eigenvalue weighted by Gasteiger charge is -2.03. The number of aliphatic carboxylic acids is 1. The zero-order chi connectivity index (χ0) is 10.3. The largest absolute Gasteiger partial charge is 0.481 e.